The van der Waals surface area contributed by atoms with Gasteiger partial charge in [0, 0.05) is 5.56 Å². The van der Waals surface area contributed by atoms with Crippen LogP contribution in [0.15, 0.2) is 36.4 Å². The predicted octanol–water partition coefficient (Wildman–Crippen LogP) is 4.08. The standard InChI is InChI=1S/C15H13FN2OS/c1-2-19-10-4-6-13-14(8-10)20-15(18-13)9-3-5-11(16)12(17)7-9/h3-8H,2,17H2,1H3. The minimum Gasteiger partial charge on any atom is -0.494 e. The number of aromatic nitrogens is 1. The number of nitrogens with zero attached hydrogens (tertiary/aromatic N) is 1. The Morgan fingerprint density at radius 1 is 1.25 bits per heavy atom. The zero-order chi connectivity index (χ0) is 14.1. The monoisotopic (exact) mass is 288 g/mol. The van der Waals surface area contributed by atoms with Crippen LogP contribution < -0.4 is 10.5 Å². The fourth-order valence-electron chi connectivity index (χ4n) is 1.96. The second kappa shape index (κ2) is 5.09. The highest BCUT2D eigenvalue weighted by Crippen LogP contribution is 2.33. The van der Waals surface area contributed by atoms with Crippen molar-refractivity contribution in [3.8, 4) is 16.3 Å². The molecule has 2 aromatic carbocycles. The molecule has 0 bridgehead atoms. The van der Waals surface area contributed by atoms with E-state index in [2.05, 4.69) is 4.98 Å². The van der Waals surface area contributed by atoms with Crippen LogP contribution in [0, 0.1) is 5.82 Å². The fraction of sp³-hybridized carbons (Fsp3) is 0.133. The number of halogens is 1. The number of nitrogens with two attached hydrogens (primary N) is 1. The van der Waals surface area contributed by atoms with Gasteiger partial charge in [-0.2, -0.15) is 0 Å². The molecule has 0 amide bonds. The van der Waals surface area contributed by atoms with Gasteiger partial charge in [-0.3, -0.25) is 0 Å². The first-order valence-corrected chi connectivity index (χ1v) is 7.08. The summed E-state index contributed by atoms with van der Waals surface area (Å²) in [7, 11) is 0. The lowest BCUT2D eigenvalue weighted by molar-refractivity contribution is 0.341. The van der Waals surface area contributed by atoms with Gasteiger partial charge in [0.05, 0.1) is 22.5 Å². The molecule has 0 atom stereocenters. The molecule has 3 nitrogen and oxygen atoms in total. The molecule has 2 N–H and O–H groups in total. The van der Waals surface area contributed by atoms with E-state index in [-0.39, 0.29) is 5.69 Å². The largest absolute Gasteiger partial charge is 0.494 e. The summed E-state index contributed by atoms with van der Waals surface area (Å²) in [6, 6.07) is 10.4. The van der Waals surface area contributed by atoms with Crippen LogP contribution in [0.3, 0.4) is 0 Å². The number of thiazole rings is 1. The van der Waals surface area contributed by atoms with E-state index < -0.39 is 5.82 Å². The fourth-order valence-corrected chi connectivity index (χ4v) is 2.95. The molecule has 1 heterocycles. The topological polar surface area (TPSA) is 48.1 Å². The van der Waals surface area contributed by atoms with Crippen molar-refractivity contribution in [2.24, 2.45) is 0 Å². The second-order valence-electron chi connectivity index (χ2n) is 4.32. The average Bonchev–Trinajstić information content (AvgIpc) is 2.85. The molecule has 102 valence electrons. The molecular formula is C15H13FN2OS. The molecule has 0 aliphatic heterocycles. The summed E-state index contributed by atoms with van der Waals surface area (Å²) in [5.41, 5.74) is 7.46. The number of fused-ring (bicyclic) bond motifs is 1. The third-order valence-electron chi connectivity index (χ3n) is 2.91. The number of hydrogen-bond donors (Lipinski definition) is 1. The molecule has 0 spiro atoms. The lowest BCUT2D eigenvalue weighted by Gasteiger charge is -2.00. The summed E-state index contributed by atoms with van der Waals surface area (Å²) in [5.74, 6) is 0.419. The van der Waals surface area contributed by atoms with Gasteiger partial charge in [0.2, 0.25) is 0 Å². The first-order valence-electron chi connectivity index (χ1n) is 6.26. The van der Waals surface area contributed by atoms with Crippen molar-refractivity contribution >= 4 is 27.2 Å². The van der Waals surface area contributed by atoms with Gasteiger partial charge in [0.25, 0.3) is 0 Å². The Bertz CT molecular complexity index is 770. The van der Waals surface area contributed by atoms with Crippen LogP contribution in [-0.2, 0) is 0 Å². The average molecular weight is 288 g/mol. The van der Waals surface area contributed by atoms with Crippen molar-refractivity contribution in [1.82, 2.24) is 4.98 Å². The Morgan fingerprint density at radius 3 is 2.85 bits per heavy atom. The van der Waals surface area contributed by atoms with Crippen LogP contribution in [0.5, 0.6) is 5.75 Å². The second-order valence-corrected chi connectivity index (χ2v) is 5.35. The summed E-state index contributed by atoms with van der Waals surface area (Å²) < 4.78 is 19.7. The molecule has 0 saturated heterocycles. The maximum absolute atomic E-state index is 13.2. The maximum Gasteiger partial charge on any atom is 0.146 e. The molecule has 5 heteroatoms. The van der Waals surface area contributed by atoms with Crippen LogP contribution in [0.4, 0.5) is 10.1 Å². The van der Waals surface area contributed by atoms with Gasteiger partial charge < -0.3 is 10.5 Å². The SMILES string of the molecule is CCOc1ccc2nc(-c3ccc(F)c(N)c3)sc2c1. The highest BCUT2D eigenvalue weighted by atomic mass is 32.1. The van der Waals surface area contributed by atoms with E-state index in [1.54, 1.807) is 12.1 Å². The number of nitrogen functional groups attached to an aromatic ring is 1. The normalized spacial score (nSPS) is 10.9. The minimum absolute atomic E-state index is 0.136. The number of anilines is 1. The van der Waals surface area contributed by atoms with Gasteiger partial charge in [0.15, 0.2) is 0 Å². The van der Waals surface area contributed by atoms with Crippen molar-refractivity contribution in [3.63, 3.8) is 0 Å². The Hall–Kier alpha value is -2.14. The summed E-state index contributed by atoms with van der Waals surface area (Å²) in [6.45, 7) is 2.58. The van der Waals surface area contributed by atoms with Gasteiger partial charge in [-0.05, 0) is 43.3 Å². The lowest BCUT2D eigenvalue weighted by Crippen LogP contribution is -1.90. The molecule has 0 unspecified atom stereocenters. The lowest BCUT2D eigenvalue weighted by atomic mass is 10.2. The molecule has 0 saturated carbocycles. The van der Waals surface area contributed by atoms with Gasteiger partial charge in [-0.1, -0.05) is 0 Å². The zero-order valence-corrected chi connectivity index (χ0v) is 11.7. The van der Waals surface area contributed by atoms with Crippen LogP contribution >= 0.6 is 11.3 Å². The molecule has 0 aliphatic carbocycles. The third-order valence-corrected chi connectivity index (χ3v) is 3.98. The summed E-state index contributed by atoms with van der Waals surface area (Å²) in [6.07, 6.45) is 0. The van der Waals surface area contributed by atoms with E-state index in [1.807, 2.05) is 25.1 Å². The Balaban J connectivity index is 2.05. The number of ether oxygens (including phenoxy) is 1. The predicted molar refractivity (Wildman–Crippen MR) is 80.6 cm³/mol. The van der Waals surface area contributed by atoms with Gasteiger partial charge >= 0.3 is 0 Å². The van der Waals surface area contributed by atoms with E-state index in [0.29, 0.717) is 6.61 Å². The highest BCUT2D eigenvalue weighted by Gasteiger charge is 2.09. The quantitative estimate of drug-likeness (QED) is 0.739. The van der Waals surface area contributed by atoms with E-state index in [4.69, 9.17) is 10.5 Å². The number of rotatable bonds is 3. The van der Waals surface area contributed by atoms with E-state index in [1.165, 1.54) is 17.4 Å². The molecule has 3 aromatic rings. The number of benzene rings is 2. The third kappa shape index (κ3) is 2.32. The molecule has 0 radical (unpaired) electrons. The van der Waals surface area contributed by atoms with Gasteiger partial charge in [-0.25, -0.2) is 9.37 Å². The molecule has 1 aromatic heterocycles. The molecule has 3 rings (SSSR count). The maximum atomic E-state index is 13.2. The van der Waals surface area contributed by atoms with Crippen molar-refractivity contribution in [2.75, 3.05) is 12.3 Å². The molecule has 20 heavy (non-hydrogen) atoms. The minimum atomic E-state index is -0.409. The summed E-state index contributed by atoms with van der Waals surface area (Å²) in [5, 5.41) is 0.820. The molecular weight excluding hydrogens is 275 g/mol. The van der Waals surface area contributed by atoms with Crippen molar-refractivity contribution in [3.05, 3.63) is 42.2 Å². The number of hydrogen-bond acceptors (Lipinski definition) is 4. The van der Waals surface area contributed by atoms with Gasteiger partial charge in [-0.15, -0.1) is 11.3 Å². The first kappa shape index (κ1) is 12.9. The van der Waals surface area contributed by atoms with Crippen LogP contribution in [0.25, 0.3) is 20.8 Å². The van der Waals surface area contributed by atoms with Crippen molar-refractivity contribution < 1.29 is 9.13 Å². The molecule has 0 fully saturated rings. The van der Waals surface area contributed by atoms with Crippen molar-refractivity contribution in [1.29, 1.82) is 0 Å². The van der Waals surface area contributed by atoms with E-state index in [0.717, 1.165) is 26.5 Å². The van der Waals surface area contributed by atoms with E-state index >= 15 is 0 Å². The zero-order valence-electron chi connectivity index (χ0n) is 10.9. The molecule has 0 aliphatic rings. The Morgan fingerprint density at radius 2 is 2.10 bits per heavy atom. The highest BCUT2D eigenvalue weighted by molar-refractivity contribution is 7.21. The van der Waals surface area contributed by atoms with Crippen LogP contribution in [0.1, 0.15) is 6.92 Å². The Labute approximate surface area is 119 Å². The van der Waals surface area contributed by atoms with E-state index in [9.17, 15) is 4.39 Å². The Kier molecular flexibility index (Phi) is 3.28. The van der Waals surface area contributed by atoms with Crippen molar-refractivity contribution in [2.45, 2.75) is 6.92 Å². The smallest absolute Gasteiger partial charge is 0.146 e. The van der Waals surface area contributed by atoms with Crippen LogP contribution in [-0.4, -0.2) is 11.6 Å². The van der Waals surface area contributed by atoms with Gasteiger partial charge in [0.1, 0.15) is 16.6 Å². The summed E-state index contributed by atoms with van der Waals surface area (Å²) >= 11 is 1.54. The summed E-state index contributed by atoms with van der Waals surface area (Å²) in [4.78, 5) is 4.54. The first-order chi connectivity index (χ1) is 9.67. The van der Waals surface area contributed by atoms with Crippen LogP contribution in [0.2, 0.25) is 0 Å².